The van der Waals surface area contributed by atoms with Crippen molar-refractivity contribution in [3.05, 3.63) is 240 Å². The molecule has 646 valence electrons. The maximum Gasteiger partial charge on any atom is 0.354 e. The third-order valence-electron chi connectivity index (χ3n) is 22.4. The second kappa shape index (κ2) is 38.1. The Balaban J connectivity index is 0.000000152. The number of rotatable bonds is 20. The number of carboxylic acids is 3. The summed E-state index contributed by atoms with van der Waals surface area (Å²) in [6.45, 7) is 10.3. The summed E-state index contributed by atoms with van der Waals surface area (Å²) >= 11 is 22.9. The lowest BCUT2D eigenvalue weighted by Gasteiger charge is -2.43. The highest BCUT2D eigenvalue weighted by molar-refractivity contribution is 7.12. The van der Waals surface area contributed by atoms with Crippen molar-refractivity contribution in [1.82, 2.24) is 60.8 Å². The molecule has 3 aromatic carbocycles. The second-order valence-electron chi connectivity index (χ2n) is 30.0. The number of amidine groups is 3. The quantitative estimate of drug-likeness (QED) is 0.0179. The van der Waals surface area contributed by atoms with E-state index in [0.717, 1.165) is 17.7 Å². The van der Waals surface area contributed by atoms with Crippen LogP contribution in [0, 0.1) is 66.6 Å². The molecule has 9 aromatic rings. The van der Waals surface area contributed by atoms with Crippen LogP contribution < -0.4 is 30.7 Å². The Hall–Kier alpha value is -11.8. The van der Waals surface area contributed by atoms with Gasteiger partial charge in [-0.15, -0.1) is 34.0 Å². The highest BCUT2D eigenvalue weighted by Gasteiger charge is 2.47. The van der Waals surface area contributed by atoms with Crippen LogP contribution in [0.25, 0.3) is 0 Å². The number of halogens is 8. The molecule has 3 unspecified atom stereocenters. The van der Waals surface area contributed by atoms with E-state index in [4.69, 9.17) is 59.0 Å². The van der Waals surface area contributed by atoms with Crippen LogP contribution in [-0.4, -0.2) is 174 Å². The molecule has 6 aromatic heterocycles. The number of aromatic nitrogens is 9. The number of aromatic carboxylic acids is 2. The molecule has 6 aliphatic heterocycles. The molecule has 0 bridgehead atoms. The maximum atomic E-state index is 14.6. The van der Waals surface area contributed by atoms with E-state index in [0.29, 0.717) is 175 Å². The molecule has 3 saturated heterocycles. The number of methoxy groups -OCH3 is 2. The lowest BCUT2D eigenvalue weighted by molar-refractivity contribution is -0.147. The number of ether oxygens (including phenoxy) is 3. The van der Waals surface area contributed by atoms with Crippen LogP contribution in [-0.2, 0) is 38.8 Å². The van der Waals surface area contributed by atoms with E-state index in [1.807, 2.05) is 22.1 Å². The van der Waals surface area contributed by atoms with Gasteiger partial charge in [-0.3, -0.25) is 19.8 Å². The molecule has 1 aliphatic carbocycles. The zero-order chi connectivity index (χ0) is 88.1. The van der Waals surface area contributed by atoms with E-state index in [-0.39, 0.29) is 80.0 Å². The Morgan fingerprint density at radius 3 is 1.20 bits per heavy atom. The SMILES string of the molecule is CCOC(=O)C1=C(C2CCN(c3ncc(C)c(C(=O)O)n3)CC2)NC(c2nccs2)=NC1c1cccc(F)c1Cl.COC(=O)C1=C(C2CCN(c3ncc(C)c(C(=O)O)n3)CC2)NC(c2nccs2)=NC1c1ccc(F)c(F)c1Cl.COC(=O)C1=C(C2CCN(c3ncc(C4(C)CC(C(=O)O)C4)cn3)CC2)NC(c2nccs2)=NC1c1ccc(F)c(F)c1Cl. The number of anilines is 3. The average Bonchev–Trinajstić information content (AvgIpc) is 0.902. The van der Waals surface area contributed by atoms with E-state index in [1.165, 1.54) is 84.9 Å². The summed E-state index contributed by atoms with van der Waals surface area (Å²) in [5.74, 6) is -8.59. The van der Waals surface area contributed by atoms with Gasteiger partial charge < -0.3 is 60.2 Å². The van der Waals surface area contributed by atoms with Crippen LogP contribution in [0.1, 0.15) is 153 Å². The van der Waals surface area contributed by atoms with Crippen LogP contribution in [0.3, 0.4) is 0 Å². The molecule has 16 rings (SSSR count). The number of esters is 3. The molecule has 0 amide bonds. The molecule has 12 heterocycles. The average molecular weight is 1820 g/mol. The number of hydrogen-bond acceptors (Lipinski definition) is 30. The minimum absolute atomic E-state index is 0.0347. The molecular formula is C83H78Cl3F5N18O12S3. The van der Waals surface area contributed by atoms with E-state index >= 15 is 0 Å². The fourth-order valence-corrected chi connectivity index (χ4v) is 18.5. The van der Waals surface area contributed by atoms with Gasteiger partial charge in [-0.1, -0.05) is 66.0 Å². The summed E-state index contributed by atoms with van der Waals surface area (Å²) in [7, 11) is 2.49. The molecule has 3 atom stereocenters. The van der Waals surface area contributed by atoms with Gasteiger partial charge in [0.05, 0.1) is 58.5 Å². The number of benzene rings is 3. The molecule has 4 fully saturated rings. The van der Waals surface area contributed by atoms with Gasteiger partial charge in [-0.05, 0) is 101 Å². The molecule has 1 saturated carbocycles. The Kier molecular flexibility index (Phi) is 27.2. The number of aliphatic carboxylic acids is 1. The Bertz CT molecular complexity index is 5810. The van der Waals surface area contributed by atoms with Crippen molar-refractivity contribution in [2.24, 2.45) is 38.6 Å². The van der Waals surface area contributed by atoms with E-state index in [1.54, 1.807) is 68.6 Å². The number of carbonyl (C=O) groups is 6. The first-order valence-electron chi connectivity index (χ1n) is 39.0. The largest absolute Gasteiger partial charge is 0.481 e. The number of thiazole rings is 3. The minimum atomic E-state index is -1.23. The maximum absolute atomic E-state index is 14.6. The van der Waals surface area contributed by atoms with Gasteiger partial charge in [0.1, 0.15) is 23.9 Å². The van der Waals surface area contributed by atoms with Crippen LogP contribution in [0.15, 0.2) is 151 Å². The Morgan fingerprint density at radius 1 is 0.492 bits per heavy atom. The smallest absolute Gasteiger partial charge is 0.354 e. The lowest BCUT2D eigenvalue weighted by Crippen LogP contribution is -2.43. The molecular weight excluding hydrogens is 1740 g/mol. The monoisotopic (exact) mass is 1810 g/mol. The van der Waals surface area contributed by atoms with E-state index < -0.39 is 93.1 Å². The van der Waals surface area contributed by atoms with Gasteiger partial charge in [0.25, 0.3) is 0 Å². The normalized spacial score (nSPS) is 20.0. The fourth-order valence-electron chi connectivity index (χ4n) is 16.0. The van der Waals surface area contributed by atoms with Crippen molar-refractivity contribution in [2.45, 2.75) is 103 Å². The Labute approximate surface area is 732 Å². The second-order valence-corrected chi connectivity index (χ2v) is 33.8. The van der Waals surface area contributed by atoms with Gasteiger partial charge in [-0.2, -0.15) is 0 Å². The van der Waals surface area contributed by atoms with Crippen LogP contribution >= 0.6 is 68.8 Å². The zero-order valence-electron chi connectivity index (χ0n) is 66.9. The van der Waals surface area contributed by atoms with Gasteiger partial charge in [0.2, 0.25) is 17.8 Å². The Morgan fingerprint density at radius 2 is 0.855 bits per heavy atom. The number of hydrogen-bond donors (Lipinski definition) is 6. The van der Waals surface area contributed by atoms with E-state index in [9.17, 15) is 66.0 Å². The molecule has 0 spiro atoms. The summed E-state index contributed by atoms with van der Waals surface area (Å²) in [5, 5.41) is 44.1. The first-order chi connectivity index (χ1) is 59.6. The highest BCUT2D eigenvalue weighted by Crippen LogP contribution is 2.49. The van der Waals surface area contributed by atoms with Crippen molar-refractivity contribution in [3.63, 3.8) is 0 Å². The van der Waals surface area contributed by atoms with Gasteiger partial charge in [0.15, 0.2) is 67.2 Å². The summed E-state index contributed by atoms with van der Waals surface area (Å²) in [6, 6.07) is 5.93. The van der Waals surface area contributed by atoms with Crippen molar-refractivity contribution in [3.8, 4) is 0 Å². The number of nitrogens with zero attached hydrogens (tertiary/aromatic N) is 15. The standard InChI is InChI=1S/C30H29ClF2N6O4S.C27H26ClFN6O4S.C26H23ClF2N6O4S/c1-30(11-16(12-30)27(40)41)17-13-35-29(36-14-17)39-8-5-15(6-9-39)23-20(28(42)43-2)24(18-3-4-19(32)22(33)21(18)31)38-25(37-23)26-34-7-10-44-26;1-3-39-26(38)18-21(15-7-10-35(11-8-15)27-31-13-14(2)20(34-27)25(36)37)32-23(24-30-9-12-40-24)33-22(18)16-5-4-6-17(29)19(16)28;1-12-11-31-26(34-19(12)24(36)37)35-8-5-13(6-9-35)20-16(25(38)39-2)21(14-3-4-15(28)18(29)17(14)27)33-22(32-20)23-30-7-10-40-23/h3-4,7,10,13-16,24H,5-6,8-9,11-12H2,1-2H3,(H,37,38)(H,40,41);4-6,9,12-13,15,22H,3,7-8,10-11H2,1-2H3,(H,32,33)(H,36,37);3-4,7,10-11,13,21H,5-6,8-9H2,1-2H3,(H,32,33)(H,36,37). The number of carbonyl (C=O) groups excluding carboxylic acids is 3. The van der Waals surface area contributed by atoms with Crippen molar-refractivity contribution >= 4 is 140 Å². The lowest BCUT2D eigenvalue weighted by atomic mass is 9.60. The van der Waals surface area contributed by atoms with Gasteiger partial charge in [0, 0.05) is 161 Å². The third kappa shape index (κ3) is 18.5. The van der Waals surface area contributed by atoms with Gasteiger partial charge in [-0.25, -0.2) is 90.8 Å². The molecule has 124 heavy (non-hydrogen) atoms. The predicted molar refractivity (Wildman–Crippen MR) is 451 cm³/mol. The topological polar surface area (TPSA) is 390 Å². The number of nitrogens with one attached hydrogen (secondary N) is 3. The first kappa shape index (κ1) is 88.5. The molecule has 30 nitrogen and oxygen atoms in total. The highest BCUT2D eigenvalue weighted by atomic mass is 35.5. The molecule has 41 heteroatoms. The predicted octanol–water partition coefficient (Wildman–Crippen LogP) is 13.9. The molecule has 0 radical (unpaired) electrons. The molecule has 7 aliphatic rings. The molecule has 6 N–H and O–H groups in total. The number of allylic oxidation sites excluding steroid dienone is 3. The van der Waals surface area contributed by atoms with Crippen LogP contribution in [0.5, 0.6) is 0 Å². The zero-order valence-corrected chi connectivity index (χ0v) is 71.7. The van der Waals surface area contributed by atoms with E-state index in [2.05, 4.69) is 70.7 Å². The van der Waals surface area contributed by atoms with Crippen molar-refractivity contribution in [2.75, 3.05) is 74.8 Å². The first-order valence-corrected chi connectivity index (χ1v) is 42.8. The fraction of sp³-hybridized carbons (Fsp3) is 0.349. The number of aliphatic imine (C=N–C) groups is 3. The summed E-state index contributed by atoms with van der Waals surface area (Å²) in [4.78, 5) is 134. The van der Waals surface area contributed by atoms with Crippen molar-refractivity contribution < 1.29 is 80.2 Å². The number of piperidine rings is 3. The van der Waals surface area contributed by atoms with Crippen LogP contribution in [0.2, 0.25) is 15.1 Å². The third-order valence-corrected chi connectivity index (χ3v) is 25.9. The number of carboxylic acid groups (broad SMARTS) is 3. The number of aryl methyl sites for hydroxylation is 2. The minimum Gasteiger partial charge on any atom is -0.481 e. The van der Waals surface area contributed by atoms with Crippen molar-refractivity contribution in [1.29, 1.82) is 0 Å². The summed E-state index contributed by atoms with van der Waals surface area (Å²) < 4.78 is 87.3. The summed E-state index contributed by atoms with van der Waals surface area (Å²) in [6.07, 6.45) is 16.0. The van der Waals surface area contributed by atoms with Gasteiger partial charge >= 0.3 is 35.8 Å². The van der Waals surface area contributed by atoms with Crippen LogP contribution in [0.4, 0.5) is 39.8 Å². The summed E-state index contributed by atoms with van der Waals surface area (Å²) in [5.41, 5.74) is 4.42.